The Morgan fingerprint density at radius 1 is 0.931 bits per heavy atom. The van der Waals surface area contributed by atoms with Crippen LogP contribution in [0.25, 0.3) is 0 Å². The minimum absolute atomic E-state index is 0.00775. The van der Waals surface area contributed by atoms with Gasteiger partial charge in [-0.25, -0.2) is 0 Å². The Bertz CT molecular complexity index is 971. The molecule has 0 aromatic heterocycles. The zero-order valence-electron chi connectivity index (χ0n) is 15.2. The van der Waals surface area contributed by atoms with Gasteiger partial charge in [0.15, 0.2) is 0 Å². The molecular formula is C22H17F3INO2. The van der Waals surface area contributed by atoms with Crippen LogP contribution in [0, 0.1) is 3.57 Å². The van der Waals surface area contributed by atoms with Crippen LogP contribution < -0.4 is 10.1 Å². The van der Waals surface area contributed by atoms with Gasteiger partial charge in [-0.15, -0.1) is 0 Å². The molecule has 0 spiro atoms. The molecule has 3 rings (SSSR count). The number of amides is 1. The molecule has 3 aromatic carbocycles. The third kappa shape index (κ3) is 6.22. The average Bonchev–Trinajstić information content (AvgIpc) is 2.71. The lowest BCUT2D eigenvalue weighted by Crippen LogP contribution is -2.23. The van der Waals surface area contributed by atoms with Crippen LogP contribution in [0.1, 0.15) is 27.0 Å². The Morgan fingerprint density at radius 2 is 1.62 bits per heavy atom. The van der Waals surface area contributed by atoms with Crippen molar-refractivity contribution in [2.75, 3.05) is 0 Å². The van der Waals surface area contributed by atoms with Gasteiger partial charge in [-0.2, -0.15) is 13.2 Å². The van der Waals surface area contributed by atoms with Crippen molar-refractivity contribution in [3.63, 3.8) is 0 Å². The van der Waals surface area contributed by atoms with Gasteiger partial charge in [0.25, 0.3) is 5.91 Å². The molecule has 0 fully saturated rings. The second kappa shape index (κ2) is 9.30. The summed E-state index contributed by atoms with van der Waals surface area (Å²) in [7, 11) is 0. The maximum Gasteiger partial charge on any atom is 0.416 e. The molecule has 0 aliphatic carbocycles. The smallest absolute Gasteiger partial charge is 0.416 e. The SMILES string of the molecule is O=C(NCc1cccc(C(F)(F)F)c1)c1ccc(OCc2ccc(I)cc2)cc1. The Kier molecular flexibility index (Phi) is 6.79. The summed E-state index contributed by atoms with van der Waals surface area (Å²) in [5, 5.41) is 2.63. The maximum absolute atomic E-state index is 12.8. The molecule has 0 aliphatic rings. The van der Waals surface area contributed by atoms with Crippen molar-refractivity contribution >= 4 is 28.5 Å². The zero-order valence-corrected chi connectivity index (χ0v) is 17.3. The minimum Gasteiger partial charge on any atom is -0.489 e. The van der Waals surface area contributed by atoms with E-state index < -0.39 is 11.7 Å². The van der Waals surface area contributed by atoms with Gasteiger partial charge >= 0.3 is 6.18 Å². The van der Waals surface area contributed by atoms with E-state index >= 15 is 0 Å². The number of halogens is 4. The average molecular weight is 511 g/mol. The fourth-order valence-electron chi connectivity index (χ4n) is 2.59. The highest BCUT2D eigenvalue weighted by Crippen LogP contribution is 2.29. The fraction of sp³-hybridized carbons (Fsp3) is 0.136. The summed E-state index contributed by atoms with van der Waals surface area (Å²) in [5.41, 5.74) is 1.08. The third-order valence-corrected chi connectivity index (χ3v) is 4.86. The minimum atomic E-state index is -4.41. The summed E-state index contributed by atoms with van der Waals surface area (Å²) in [6.07, 6.45) is -4.41. The number of carbonyl (C=O) groups is 1. The van der Waals surface area contributed by atoms with E-state index in [-0.39, 0.29) is 12.5 Å². The molecule has 0 radical (unpaired) electrons. The first kappa shape index (κ1) is 21.2. The number of nitrogens with one attached hydrogen (secondary N) is 1. The normalized spacial score (nSPS) is 11.2. The van der Waals surface area contributed by atoms with Crippen molar-refractivity contribution < 1.29 is 22.7 Å². The Morgan fingerprint density at radius 3 is 2.28 bits per heavy atom. The fourth-order valence-corrected chi connectivity index (χ4v) is 2.95. The molecule has 7 heteroatoms. The predicted octanol–water partition coefficient (Wildman–Crippen LogP) is 5.82. The van der Waals surface area contributed by atoms with E-state index in [1.165, 1.54) is 12.1 Å². The molecule has 0 heterocycles. The van der Waals surface area contributed by atoms with E-state index in [1.54, 1.807) is 24.3 Å². The van der Waals surface area contributed by atoms with Crippen molar-refractivity contribution in [3.8, 4) is 5.75 Å². The summed E-state index contributed by atoms with van der Waals surface area (Å²) < 4.78 is 45.1. The summed E-state index contributed by atoms with van der Waals surface area (Å²) in [5.74, 6) is 0.254. The molecule has 1 N–H and O–H groups in total. The van der Waals surface area contributed by atoms with Crippen molar-refractivity contribution in [2.45, 2.75) is 19.3 Å². The number of ether oxygens (including phenoxy) is 1. The van der Waals surface area contributed by atoms with Crippen LogP contribution in [0.3, 0.4) is 0 Å². The van der Waals surface area contributed by atoms with Gasteiger partial charge in [0, 0.05) is 15.7 Å². The molecule has 0 saturated carbocycles. The first-order valence-electron chi connectivity index (χ1n) is 8.73. The second-order valence-electron chi connectivity index (χ2n) is 6.32. The third-order valence-electron chi connectivity index (χ3n) is 4.14. The summed E-state index contributed by atoms with van der Waals surface area (Å²) >= 11 is 2.23. The van der Waals surface area contributed by atoms with Gasteiger partial charge in [-0.3, -0.25) is 4.79 Å². The van der Waals surface area contributed by atoms with Crippen molar-refractivity contribution in [1.29, 1.82) is 0 Å². The quantitative estimate of drug-likeness (QED) is 0.424. The first-order chi connectivity index (χ1) is 13.8. The number of benzene rings is 3. The van der Waals surface area contributed by atoms with E-state index in [2.05, 4.69) is 27.9 Å². The topological polar surface area (TPSA) is 38.3 Å². The van der Waals surface area contributed by atoms with Gasteiger partial charge in [0.1, 0.15) is 12.4 Å². The van der Waals surface area contributed by atoms with E-state index in [0.29, 0.717) is 23.5 Å². The van der Waals surface area contributed by atoms with E-state index in [1.807, 2.05) is 24.3 Å². The highest BCUT2D eigenvalue weighted by Gasteiger charge is 2.30. The van der Waals surface area contributed by atoms with Gasteiger partial charge < -0.3 is 10.1 Å². The van der Waals surface area contributed by atoms with Crippen molar-refractivity contribution in [1.82, 2.24) is 5.32 Å². The molecular weight excluding hydrogens is 494 g/mol. The van der Waals surface area contributed by atoms with Crippen LogP contribution in [-0.2, 0) is 19.3 Å². The Hall–Kier alpha value is -2.55. The van der Waals surface area contributed by atoms with Crippen LogP contribution in [-0.4, -0.2) is 5.91 Å². The number of alkyl halides is 3. The number of hydrogen-bond acceptors (Lipinski definition) is 2. The number of carbonyl (C=O) groups excluding carboxylic acids is 1. The molecule has 0 aliphatic heterocycles. The first-order valence-corrected chi connectivity index (χ1v) is 9.81. The van der Waals surface area contributed by atoms with Gasteiger partial charge in [-0.1, -0.05) is 24.3 Å². The van der Waals surface area contributed by atoms with Crippen LogP contribution in [0.15, 0.2) is 72.8 Å². The molecule has 150 valence electrons. The molecule has 1 amide bonds. The van der Waals surface area contributed by atoms with Gasteiger partial charge in [0.05, 0.1) is 5.56 Å². The van der Waals surface area contributed by atoms with Gasteiger partial charge in [-0.05, 0) is 82.2 Å². The van der Waals surface area contributed by atoms with Gasteiger partial charge in [0.2, 0.25) is 0 Å². The van der Waals surface area contributed by atoms with Crippen molar-refractivity contribution in [2.24, 2.45) is 0 Å². The lowest BCUT2D eigenvalue weighted by atomic mass is 10.1. The second-order valence-corrected chi connectivity index (χ2v) is 7.57. The maximum atomic E-state index is 12.8. The van der Waals surface area contributed by atoms with E-state index in [0.717, 1.165) is 21.3 Å². The van der Waals surface area contributed by atoms with Crippen molar-refractivity contribution in [3.05, 3.63) is 98.6 Å². The number of rotatable bonds is 6. The highest BCUT2D eigenvalue weighted by molar-refractivity contribution is 14.1. The molecule has 0 atom stereocenters. The molecule has 0 unspecified atom stereocenters. The summed E-state index contributed by atoms with van der Waals surface area (Å²) in [6, 6.07) is 19.5. The molecule has 29 heavy (non-hydrogen) atoms. The lowest BCUT2D eigenvalue weighted by Gasteiger charge is -2.10. The summed E-state index contributed by atoms with van der Waals surface area (Å²) in [6.45, 7) is 0.422. The van der Waals surface area contributed by atoms with Crippen LogP contribution in [0.4, 0.5) is 13.2 Å². The zero-order chi connectivity index (χ0) is 20.9. The van der Waals surface area contributed by atoms with Crippen LogP contribution in [0.2, 0.25) is 0 Å². The highest BCUT2D eigenvalue weighted by atomic mass is 127. The summed E-state index contributed by atoms with van der Waals surface area (Å²) in [4.78, 5) is 12.2. The van der Waals surface area contributed by atoms with Crippen LogP contribution in [0.5, 0.6) is 5.75 Å². The molecule has 3 aromatic rings. The molecule has 0 bridgehead atoms. The molecule has 0 saturated heterocycles. The number of hydrogen-bond donors (Lipinski definition) is 1. The Balaban J connectivity index is 1.54. The monoisotopic (exact) mass is 511 g/mol. The standard InChI is InChI=1S/C22H17F3INO2/c23-22(24,25)18-3-1-2-16(12-18)13-27-21(28)17-6-10-20(11-7-17)29-14-15-4-8-19(26)9-5-15/h1-12H,13-14H2,(H,27,28). The Labute approximate surface area is 180 Å². The van der Waals surface area contributed by atoms with E-state index in [9.17, 15) is 18.0 Å². The predicted molar refractivity (Wildman–Crippen MR) is 113 cm³/mol. The molecule has 3 nitrogen and oxygen atoms in total. The van der Waals surface area contributed by atoms with Crippen LogP contribution >= 0.6 is 22.6 Å². The van der Waals surface area contributed by atoms with E-state index in [4.69, 9.17) is 4.74 Å². The lowest BCUT2D eigenvalue weighted by molar-refractivity contribution is -0.137. The largest absolute Gasteiger partial charge is 0.489 e.